The van der Waals surface area contributed by atoms with Gasteiger partial charge < -0.3 is 21.3 Å². The number of hydrogen-bond acceptors (Lipinski definition) is 5. The number of nitrogens with one attached hydrogen (secondary N) is 1. The van der Waals surface area contributed by atoms with E-state index in [0.29, 0.717) is 0 Å². The maximum absolute atomic E-state index is 12.1. The molecule has 0 aromatic rings. The van der Waals surface area contributed by atoms with Gasteiger partial charge in [0.1, 0.15) is 5.54 Å². The van der Waals surface area contributed by atoms with Crippen molar-refractivity contribution >= 4 is 29.6 Å². The number of rotatable bonds is 7. The number of carboxylic acid groups (broad SMARTS) is 2. The number of amides is 1. The first-order valence-electron chi connectivity index (χ1n) is 7.50. The topological polar surface area (TPSA) is 130 Å². The highest BCUT2D eigenvalue weighted by Crippen LogP contribution is 2.56. The quantitative estimate of drug-likeness (QED) is 0.542. The van der Waals surface area contributed by atoms with Gasteiger partial charge in [-0.3, -0.25) is 9.59 Å². The lowest BCUT2D eigenvalue weighted by molar-refractivity contribution is -0.148. The van der Waals surface area contributed by atoms with Crippen molar-refractivity contribution in [2.75, 3.05) is 5.75 Å². The number of carbonyl (C=O) groups excluding carboxylic acids is 1. The SMILES string of the molecule is CC(CC1(C(C)(C)C)CCS1)(NC(=O)[C@@H](N)CC(=O)O)C(=O)O. The Labute approximate surface area is 140 Å². The summed E-state index contributed by atoms with van der Waals surface area (Å²) in [5.74, 6) is -2.15. The van der Waals surface area contributed by atoms with Gasteiger partial charge in [-0.1, -0.05) is 20.8 Å². The highest BCUT2D eigenvalue weighted by molar-refractivity contribution is 8.02. The van der Waals surface area contributed by atoms with Gasteiger partial charge in [0.15, 0.2) is 0 Å². The molecule has 1 amide bonds. The minimum Gasteiger partial charge on any atom is -0.481 e. The van der Waals surface area contributed by atoms with Crippen molar-refractivity contribution < 1.29 is 24.6 Å². The maximum Gasteiger partial charge on any atom is 0.329 e. The third-order valence-electron chi connectivity index (χ3n) is 4.49. The zero-order valence-electron chi connectivity index (χ0n) is 14.0. The van der Waals surface area contributed by atoms with E-state index in [9.17, 15) is 19.5 Å². The van der Waals surface area contributed by atoms with Gasteiger partial charge in [-0.05, 0) is 30.9 Å². The molecule has 1 rings (SSSR count). The van der Waals surface area contributed by atoms with Crippen LogP contribution in [0.15, 0.2) is 0 Å². The Kier molecular flexibility index (Phi) is 5.74. The fourth-order valence-electron chi connectivity index (χ4n) is 2.73. The van der Waals surface area contributed by atoms with Crippen LogP contribution in [0.2, 0.25) is 0 Å². The zero-order valence-corrected chi connectivity index (χ0v) is 14.8. The lowest BCUT2D eigenvalue weighted by Crippen LogP contribution is -2.62. The zero-order chi connectivity index (χ0) is 18.1. The largest absolute Gasteiger partial charge is 0.481 e. The molecule has 8 heteroatoms. The molecule has 0 saturated carbocycles. The molecule has 0 aromatic carbocycles. The second-order valence-corrected chi connectivity index (χ2v) is 8.83. The van der Waals surface area contributed by atoms with Gasteiger partial charge >= 0.3 is 11.9 Å². The van der Waals surface area contributed by atoms with Crippen molar-refractivity contribution in [3.8, 4) is 0 Å². The van der Waals surface area contributed by atoms with E-state index in [2.05, 4.69) is 26.1 Å². The maximum atomic E-state index is 12.1. The van der Waals surface area contributed by atoms with Crippen LogP contribution in [-0.4, -0.2) is 50.1 Å². The minimum absolute atomic E-state index is 0.124. The Hall–Kier alpha value is -1.28. The summed E-state index contributed by atoms with van der Waals surface area (Å²) in [6.07, 6.45) is 0.594. The molecule has 0 radical (unpaired) electrons. The first kappa shape index (κ1) is 19.8. The average Bonchev–Trinajstić information content (AvgIpc) is 2.31. The summed E-state index contributed by atoms with van der Waals surface area (Å²) in [6, 6.07) is -1.27. The lowest BCUT2D eigenvalue weighted by atomic mass is 9.71. The van der Waals surface area contributed by atoms with E-state index in [1.165, 1.54) is 6.92 Å². The molecule has 3 atom stereocenters. The van der Waals surface area contributed by atoms with E-state index in [-0.39, 0.29) is 16.6 Å². The molecular weight excluding hydrogens is 320 g/mol. The molecule has 5 N–H and O–H groups in total. The van der Waals surface area contributed by atoms with Crippen molar-refractivity contribution in [2.24, 2.45) is 11.1 Å². The Morgan fingerprint density at radius 1 is 1.26 bits per heavy atom. The lowest BCUT2D eigenvalue weighted by Gasteiger charge is -2.54. The van der Waals surface area contributed by atoms with Crippen LogP contribution in [0.5, 0.6) is 0 Å². The van der Waals surface area contributed by atoms with Crippen LogP contribution in [0.1, 0.15) is 47.0 Å². The smallest absolute Gasteiger partial charge is 0.329 e. The third kappa shape index (κ3) is 4.38. The fraction of sp³-hybridized carbons (Fsp3) is 0.800. The normalized spacial score (nSPS) is 24.9. The van der Waals surface area contributed by atoms with Gasteiger partial charge in [0.25, 0.3) is 0 Å². The minimum atomic E-state index is -1.49. The Bertz CT molecular complexity index is 499. The van der Waals surface area contributed by atoms with Gasteiger partial charge in [0.05, 0.1) is 12.5 Å². The van der Waals surface area contributed by atoms with Gasteiger partial charge in [-0.2, -0.15) is 11.8 Å². The van der Waals surface area contributed by atoms with Crippen molar-refractivity contribution in [2.45, 2.75) is 63.3 Å². The number of carboxylic acids is 2. The van der Waals surface area contributed by atoms with Crippen LogP contribution in [-0.2, 0) is 14.4 Å². The molecule has 1 heterocycles. The van der Waals surface area contributed by atoms with E-state index >= 15 is 0 Å². The van der Waals surface area contributed by atoms with Gasteiger partial charge in [-0.15, -0.1) is 0 Å². The number of thioether (sulfide) groups is 1. The van der Waals surface area contributed by atoms with Crippen LogP contribution in [0.4, 0.5) is 0 Å². The number of carbonyl (C=O) groups is 3. The molecule has 132 valence electrons. The molecule has 1 saturated heterocycles. The van der Waals surface area contributed by atoms with Crippen LogP contribution in [0.3, 0.4) is 0 Å². The monoisotopic (exact) mass is 346 g/mol. The molecule has 0 aromatic heterocycles. The second-order valence-electron chi connectivity index (χ2n) is 7.35. The van der Waals surface area contributed by atoms with Gasteiger partial charge in [0, 0.05) is 4.75 Å². The third-order valence-corrected chi connectivity index (χ3v) is 6.41. The van der Waals surface area contributed by atoms with E-state index < -0.39 is 35.8 Å². The number of nitrogens with two attached hydrogens (primary N) is 1. The van der Waals surface area contributed by atoms with Crippen molar-refractivity contribution in [3.63, 3.8) is 0 Å². The summed E-state index contributed by atoms with van der Waals surface area (Å²) < 4.78 is -0.246. The van der Waals surface area contributed by atoms with Crippen molar-refractivity contribution in [1.29, 1.82) is 0 Å². The second kappa shape index (κ2) is 6.68. The van der Waals surface area contributed by atoms with Crippen LogP contribution in [0.25, 0.3) is 0 Å². The highest BCUT2D eigenvalue weighted by Gasteiger charge is 2.53. The highest BCUT2D eigenvalue weighted by atomic mass is 32.2. The molecule has 1 aliphatic rings. The summed E-state index contributed by atoms with van der Waals surface area (Å²) in [7, 11) is 0. The van der Waals surface area contributed by atoms with Crippen LogP contribution < -0.4 is 11.1 Å². The molecule has 23 heavy (non-hydrogen) atoms. The van der Waals surface area contributed by atoms with E-state index in [1.807, 2.05) is 0 Å². The Morgan fingerprint density at radius 3 is 2.09 bits per heavy atom. The predicted molar refractivity (Wildman–Crippen MR) is 88.3 cm³/mol. The Morgan fingerprint density at radius 2 is 1.78 bits per heavy atom. The summed E-state index contributed by atoms with van der Waals surface area (Å²) in [4.78, 5) is 34.5. The number of aliphatic carboxylic acids is 2. The summed E-state index contributed by atoms with van der Waals surface area (Å²) >= 11 is 1.71. The summed E-state index contributed by atoms with van der Waals surface area (Å²) in [5, 5.41) is 20.8. The summed E-state index contributed by atoms with van der Waals surface area (Å²) in [6.45, 7) is 7.62. The van der Waals surface area contributed by atoms with E-state index in [0.717, 1.165) is 12.2 Å². The summed E-state index contributed by atoms with van der Waals surface area (Å²) in [5.41, 5.74) is 3.91. The van der Waals surface area contributed by atoms with Crippen molar-refractivity contribution in [3.05, 3.63) is 0 Å². The van der Waals surface area contributed by atoms with Gasteiger partial charge in [-0.25, -0.2) is 4.79 Å². The predicted octanol–water partition coefficient (Wildman–Crippen LogP) is 1.06. The molecular formula is C15H26N2O5S. The Balaban J connectivity index is 2.93. The molecule has 0 aliphatic carbocycles. The van der Waals surface area contributed by atoms with E-state index in [1.54, 1.807) is 11.8 Å². The molecule has 1 aliphatic heterocycles. The number of hydrogen-bond donors (Lipinski definition) is 4. The molecule has 2 unspecified atom stereocenters. The average molecular weight is 346 g/mol. The van der Waals surface area contributed by atoms with Crippen LogP contribution in [0, 0.1) is 5.41 Å². The van der Waals surface area contributed by atoms with Gasteiger partial charge in [0.2, 0.25) is 5.91 Å². The first-order chi connectivity index (χ1) is 10.3. The fourth-order valence-corrected chi connectivity index (χ4v) is 4.26. The first-order valence-corrected chi connectivity index (χ1v) is 8.48. The molecule has 1 fully saturated rings. The standard InChI is InChI=1S/C15H26N2O5S/c1-13(2,3)15(5-6-23-15)8-14(4,12(21)22)17-11(20)9(16)7-10(18)19/h9H,5-8,16H2,1-4H3,(H,17,20)(H,18,19)(H,21,22)/t9-,14?,15?/m0/s1. The molecule has 0 spiro atoms. The molecule has 0 bridgehead atoms. The van der Waals surface area contributed by atoms with Crippen molar-refractivity contribution in [1.82, 2.24) is 5.32 Å². The molecule has 7 nitrogen and oxygen atoms in total. The van der Waals surface area contributed by atoms with Crippen LogP contribution >= 0.6 is 11.8 Å². The van der Waals surface area contributed by atoms with E-state index in [4.69, 9.17) is 10.8 Å².